The highest BCUT2D eigenvalue weighted by molar-refractivity contribution is 6.18. The van der Waals surface area contributed by atoms with Crippen molar-refractivity contribution in [3.8, 4) is 34.5 Å². The van der Waals surface area contributed by atoms with Gasteiger partial charge in [0.1, 0.15) is 11.6 Å². The van der Waals surface area contributed by atoms with Crippen molar-refractivity contribution in [3.05, 3.63) is 246 Å². The molecule has 11 aromatic carbocycles. The van der Waals surface area contributed by atoms with Crippen molar-refractivity contribution in [3.63, 3.8) is 0 Å². The molecule has 434 valence electrons. The van der Waals surface area contributed by atoms with E-state index in [-0.39, 0.29) is 99.5 Å². The minimum Gasteiger partial charge on any atom is -0.306 e. The van der Waals surface area contributed by atoms with Crippen LogP contribution in [0.25, 0.3) is 137 Å². The first-order chi connectivity index (χ1) is 42.7. The van der Waals surface area contributed by atoms with Crippen LogP contribution in [0.1, 0.15) is 27.8 Å². The molecule has 0 spiro atoms. The van der Waals surface area contributed by atoms with Gasteiger partial charge in [0, 0.05) is 53.9 Å². The van der Waals surface area contributed by atoms with E-state index in [4.69, 9.17) is 0 Å². The number of rotatable bonds is 5. The van der Waals surface area contributed by atoms with Crippen LogP contribution in [-0.4, -0.2) is 22.8 Å². The summed E-state index contributed by atoms with van der Waals surface area (Å²) in [4.78, 5) is 0. The lowest BCUT2D eigenvalue weighted by Crippen LogP contribution is -2.19. The fourth-order valence-corrected chi connectivity index (χ4v) is 13.6. The van der Waals surface area contributed by atoms with Crippen LogP contribution in [-0.2, 0) is 24.7 Å². The van der Waals surface area contributed by atoms with E-state index in [2.05, 4.69) is 6.07 Å². The molecule has 5 aromatic heterocycles. The number of halogens is 12. The number of aromatic nitrogens is 5. The Morgan fingerprint density at radius 1 is 0.225 bits per heavy atom. The minimum atomic E-state index is -4.85. The molecule has 0 saturated carbocycles. The second-order valence-corrected chi connectivity index (χ2v) is 21.9. The standard InChI is InChI=1S/C71H36F12N6/c72-68(73,74)38-25-29-59-48(33-38)44-15-3-9-21-55(44)85(59)63-52(37-84)64(86-56-22-10-4-16-45(56)49-34-39(69(75,76)77)26-30-60(49)86)66(88-57-23-11-5-17-46(57)50-35-40(70(78,79)80)27-31-61(50)88)67(65(63)87-53-19-7-1-13-42(53)43-14-2-8-20-54(43)87)89-58-24-12-6-18-47(58)51-36-41(71(81,82)83)28-32-62(51)89/h1-36H. The maximum Gasteiger partial charge on any atom is 0.416 e. The summed E-state index contributed by atoms with van der Waals surface area (Å²) in [5.41, 5.74) is -1.41. The fourth-order valence-electron chi connectivity index (χ4n) is 13.6. The van der Waals surface area contributed by atoms with Crippen LogP contribution >= 0.6 is 0 Å². The highest BCUT2D eigenvalue weighted by Crippen LogP contribution is 2.53. The summed E-state index contributed by atoms with van der Waals surface area (Å²) in [6, 6.07) is 56.5. The number of hydrogen-bond acceptors (Lipinski definition) is 1. The molecule has 18 heteroatoms. The minimum absolute atomic E-state index is 0.00507. The molecule has 0 unspecified atom stereocenters. The summed E-state index contributed by atoms with van der Waals surface area (Å²) in [6.45, 7) is 0. The molecule has 89 heavy (non-hydrogen) atoms. The lowest BCUT2D eigenvalue weighted by atomic mass is 10.0. The third-order valence-electron chi connectivity index (χ3n) is 17.2. The third kappa shape index (κ3) is 7.73. The normalized spacial score (nSPS) is 12.9. The van der Waals surface area contributed by atoms with Gasteiger partial charge in [-0.1, -0.05) is 109 Å². The largest absolute Gasteiger partial charge is 0.416 e. The second-order valence-electron chi connectivity index (χ2n) is 21.9. The van der Waals surface area contributed by atoms with Gasteiger partial charge in [0.15, 0.2) is 0 Å². The van der Waals surface area contributed by atoms with Gasteiger partial charge >= 0.3 is 24.7 Å². The second kappa shape index (κ2) is 18.5. The number of para-hydroxylation sites is 6. The van der Waals surface area contributed by atoms with Gasteiger partial charge in [-0.3, -0.25) is 0 Å². The molecule has 0 radical (unpaired) electrons. The van der Waals surface area contributed by atoms with Gasteiger partial charge in [0.2, 0.25) is 0 Å². The van der Waals surface area contributed by atoms with Gasteiger partial charge in [0.25, 0.3) is 0 Å². The van der Waals surface area contributed by atoms with E-state index in [1.807, 2.05) is 41.0 Å². The number of nitrogens with zero attached hydrogens (tertiary/aromatic N) is 6. The summed E-state index contributed by atoms with van der Waals surface area (Å²) in [5.74, 6) is 0. The molecular formula is C71H36F12N6. The molecular weight excluding hydrogens is 1160 g/mol. The van der Waals surface area contributed by atoms with Crippen LogP contribution in [0.15, 0.2) is 218 Å². The first-order valence-corrected chi connectivity index (χ1v) is 27.8. The van der Waals surface area contributed by atoms with Crippen molar-refractivity contribution >= 4 is 109 Å². The number of nitriles is 1. The van der Waals surface area contributed by atoms with Gasteiger partial charge in [-0.25, -0.2) is 0 Å². The summed E-state index contributed by atoms with van der Waals surface area (Å²) in [5, 5.41) is 15.8. The molecule has 0 fully saturated rings. The Labute approximate surface area is 493 Å². The molecule has 0 saturated heterocycles. The number of benzene rings is 11. The number of fused-ring (bicyclic) bond motifs is 15. The predicted octanol–water partition coefficient (Wildman–Crippen LogP) is 21.1. The molecule has 0 aliphatic heterocycles. The summed E-state index contributed by atoms with van der Waals surface area (Å²) < 4.78 is 190. The summed E-state index contributed by atoms with van der Waals surface area (Å²) in [6.07, 6.45) is -19.4. The first-order valence-electron chi connectivity index (χ1n) is 27.8. The molecule has 0 aliphatic carbocycles. The summed E-state index contributed by atoms with van der Waals surface area (Å²) >= 11 is 0. The van der Waals surface area contributed by atoms with Crippen LogP contribution in [0.5, 0.6) is 0 Å². The SMILES string of the molecule is N#Cc1c(-n2c3ccccc3c3cc(C(F)(F)F)ccc32)c(-n2c3ccccc3c3ccccc32)c(-n2c3ccccc3c3cc(C(F)(F)F)ccc32)c(-n2c3ccccc3c3cc(C(F)(F)F)ccc32)c1-n1c2ccccc2c2cc(C(F)(F)F)ccc21. The Balaban J connectivity index is 1.28. The average molecular weight is 1200 g/mol. The number of hydrogen-bond donors (Lipinski definition) is 0. The van der Waals surface area contributed by atoms with Crippen molar-refractivity contribution in [1.82, 2.24) is 22.8 Å². The Morgan fingerprint density at radius 2 is 0.404 bits per heavy atom. The van der Waals surface area contributed by atoms with Gasteiger partial charge in [-0.05, 0) is 109 Å². The molecule has 0 aliphatic rings. The Morgan fingerprint density at radius 3 is 0.618 bits per heavy atom. The number of alkyl halides is 12. The van der Waals surface area contributed by atoms with E-state index >= 15 is 52.7 Å². The van der Waals surface area contributed by atoms with E-state index in [9.17, 15) is 5.26 Å². The molecule has 0 bridgehead atoms. The quantitative estimate of drug-likeness (QED) is 0.158. The van der Waals surface area contributed by atoms with Gasteiger partial charge in [-0.15, -0.1) is 0 Å². The lowest BCUT2D eigenvalue weighted by molar-refractivity contribution is -0.138. The van der Waals surface area contributed by atoms with E-state index in [0.717, 1.165) is 48.5 Å². The zero-order valence-electron chi connectivity index (χ0n) is 45.5. The van der Waals surface area contributed by atoms with Crippen LogP contribution in [0.3, 0.4) is 0 Å². The van der Waals surface area contributed by atoms with E-state index in [1.54, 1.807) is 127 Å². The van der Waals surface area contributed by atoms with E-state index in [0.29, 0.717) is 43.5 Å². The maximum atomic E-state index is 15.2. The van der Waals surface area contributed by atoms with Gasteiger partial charge in [-0.2, -0.15) is 57.9 Å². The molecule has 5 heterocycles. The smallest absolute Gasteiger partial charge is 0.306 e. The fraction of sp³-hybridized carbons (Fsp3) is 0.0563. The maximum absolute atomic E-state index is 15.2. The van der Waals surface area contributed by atoms with Crippen molar-refractivity contribution in [2.75, 3.05) is 0 Å². The first kappa shape index (κ1) is 53.5. The molecule has 6 nitrogen and oxygen atoms in total. The lowest BCUT2D eigenvalue weighted by Gasteiger charge is -2.30. The van der Waals surface area contributed by atoms with Crippen LogP contribution in [0.4, 0.5) is 52.7 Å². The zero-order chi connectivity index (χ0) is 61.4. The summed E-state index contributed by atoms with van der Waals surface area (Å²) in [7, 11) is 0. The topological polar surface area (TPSA) is 48.4 Å². The van der Waals surface area contributed by atoms with Crippen LogP contribution in [0.2, 0.25) is 0 Å². The van der Waals surface area contributed by atoms with E-state index < -0.39 is 47.0 Å². The van der Waals surface area contributed by atoms with Crippen LogP contribution < -0.4 is 0 Å². The van der Waals surface area contributed by atoms with Crippen LogP contribution in [0, 0.1) is 11.3 Å². The molecule has 0 amide bonds. The molecule has 16 rings (SSSR count). The zero-order valence-corrected chi connectivity index (χ0v) is 45.5. The monoisotopic (exact) mass is 1200 g/mol. The Bertz CT molecular complexity index is 5720. The Hall–Kier alpha value is -10.9. The van der Waals surface area contributed by atoms with E-state index in [1.165, 1.54) is 24.3 Å². The highest BCUT2D eigenvalue weighted by Gasteiger charge is 2.40. The average Bonchev–Trinajstić information content (AvgIpc) is 1.60. The Kier molecular flexibility index (Phi) is 11.2. The highest BCUT2D eigenvalue weighted by atomic mass is 19.4. The molecule has 0 N–H and O–H groups in total. The van der Waals surface area contributed by atoms with Gasteiger partial charge in [0.05, 0.1) is 106 Å². The van der Waals surface area contributed by atoms with Gasteiger partial charge < -0.3 is 22.8 Å². The van der Waals surface area contributed by atoms with Crippen molar-refractivity contribution < 1.29 is 52.7 Å². The van der Waals surface area contributed by atoms with Crippen molar-refractivity contribution in [2.45, 2.75) is 24.7 Å². The van der Waals surface area contributed by atoms with Crippen molar-refractivity contribution in [1.29, 1.82) is 5.26 Å². The van der Waals surface area contributed by atoms with Crippen molar-refractivity contribution in [2.24, 2.45) is 0 Å². The third-order valence-corrected chi connectivity index (χ3v) is 17.2. The molecule has 0 atom stereocenters. The molecule has 16 aromatic rings. The predicted molar refractivity (Wildman–Crippen MR) is 323 cm³/mol.